The summed E-state index contributed by atoms with van der Waals surface area (Å²) in [5, 5.41) is 9.63. The Hall–Kier alpha value is -2.65. The molecule has 2 fully saturated rings. The number of benzene rings is 1. The second-order valence-corrected chi connectivity index (χ2v) is 8.13. The highest BCUT2D eigenvalue weighted by molar-refractivity contribution is 5.58. The molecule has 2 aliphatic heterocycles. The summed E-state index contributed by atoms with van der Waals surface area (Å²) in [5.74, 6) is 0.658. The molecule has 5 nitrogen and oxygen atoms in total. The Bertz CT molecular complexity index is 897. The van der Waals surface area contributed by atoms with E-state index in [1.54, 1.807) is 0 Å². The van der Waals surface area contributed by atoms with Gasteiger partial charge in [0.25, 0.3) is 0 Å². The second-order valence-electron chi connectivity index (χ2n) is 8.13. The van der Waals surface area contributed by atoms with Crippen molar-refractivity contribution in [1.29, 1.82) is 5.26 Å². The number of hydrogen-bond donors (Lipinski definition) is 0. The first-order valence-electron chi connectivity index (χ1n) is 10.4. The van der Waals surface area contributed by atoms with Crippen LogP contribution < -0.4 is 9.80 Å². The van der Waals surface area contributed by atoms with Crippen molar-refractivity contribution in [3.05, 3.63) is 53.0 Å². The second kappa shape index (κ2) is 8.38. The Morgan fingerprint density at radius 2 is 1.76 bits per heavy atom. The first kappa shape index (κ1) is 19.7. The molecule has 1 aromatic heterocycles. The van der Waals surface area contributed by atoms with Crippen LogP contribution in [0, 0.1) is 31.0 Å². The van der Waals surface area contributed by atoms with E-state index in [0.717, 1.165) is 68.5 Å². The summed E-state index contributed by atoms with van der Waals surface area (Å²) in [6.07, 6.45) is 2.29. The van der Waals surface area contributed by atoms with E-state index < -0.39 is 0 Å². The lowest BCUT2D eigenvalue weighted by Crippen LogP contribution is -2.55. The van der Waals surface area contributed by atoms with Crippen LogP contribution >= 0.6 is 0 Å². The fourth-order valence-electron chi connectivity index (χ4n) is 4.63. The summed E-state index contributed by atoms with van der Waals surface area (Å²) >= 11 is 0. The third kappa shape index (κ3) is 4.20. The number of nitriles is 1. The number of hydrogen-bond acceptors (Lipinski definition) is 5. The van der Waals surface area contributed by atoms with Crippen molar-refractivity contribution in [3.63, 3.8) is 0 Å². The highest BCUT2D eigenvalue weighted by atomic mass is 19.1. The van der Waals surface area contributed by atoms with Gasteiger partial charge >= 0.3 is 0 Å². The molecule has 0 amide bonds. The van der Waals surface area contributed by atoms with Gasteiger partial charge in [-0.3, -0.25) is 4.90 Å². The van der Waals surface area contributed by atoms with Gasteiger partial charge in [0.2, 0.25) is 0 Å². The first-order chi connectivity index (χ1) is 14.0. The summed E-state index contributed by atoms with van der Waals surface area (Å²) < 4.78 is 13.2. The molecule has 0 spiro atoms. The van der Waals surface area contributed by atoms with E-state index in [1.807, 2.05) is 32.0 Å². The number of piperazine rings is 1. The lowest BCUT2D eigenvalue weighted by molar-refractivity contribution is 0.166. The third-order valence-electron chi connectivity index (χ3n) is 6.16. The topological polar surface area (TPSA) is 46.4 Å². The van der Waals surface area contributed by atoms with Crippen LogP contribution in [-0.4, -0.2) is 55.2 Å². The maximum Gasteiger partial charge on any atom is 0.147 e. The quantitative estimate of drug-likeness (QED) is 0.799. The van der Waals surface area contributed by atoms with Crippen molar-refractivity contribution >= 4 is 11.5 Å². The Morgan fingerprint density at radius 3 is 2.45 bits per heavy atom. The number of halogens is 1. The van der Waals surface area contributed by atoms with Gasteiger partial charge in [-0.05, 0) is 62.6 Å². The first-order valence-corrected chi connectivity index (χ1v) is 10.4. The van der Waals surface area contributed by atoms with E-state index in [1.165, 1.54) is 18.6 Å². The van der Waals surface area contributed by atoms with Crippen molar-refractivity contribution in [2.45, 2.75) is 32.7 Å². The molecule has 2 aromatic rings. The van der Waals surface area contributed by atoms with Crippen LogP contribution in [0.25, 0.3) is 0 Å². The zero-order valence-corrected chi connectivity index (χ0v) is 17.2. The Balaban J connectivity index is 1.42. The van der Waals surface area contributed by atoms with Gasteiger partial charge in [-0.25, -0.2) is 9.37 Å². The van der Waals surface area contributed by atoms with Crippen LogP contribution in [0.4, 0.5) is 15.9 Å². The van der Waals surface area contributed by atoms with E-state index >= 15 is 0 Å². The normalized spacial score (nSPS) is 20.6. The number of pyridine rings is 1. The predicted molar refractivity (Wildman–Crippen MR) is 114 cm³/mol. The van der Waals surface area contributed by atoms with Gasteiger partial charge in [-0.1, -0.05) is 0 Å². The van der Waals surface area contributed by atoms with E-state index in [9.17, 15) is 9.65 Å². The lowest BCUT2D eigenvalue weighted by atomic mass is 10.0. The van der Waals surface area contributed by atoms with Gasteiger partial charge in [0.05, 0.1) is 5.56 Å². The monoisotopic (exact) mass is 393 g/mol. The fraction of sp³-hybridized carbons (Fsp3) is 0.478. The standard InChI is InChI=1S/C23H28FN5/c1-17-14-18(2)26-23(22(17)15-25)29-9-3-4-21(16-29)28-12-10-27(11-13-28)20-7-5-19(24)6-8-20/h5-8,14,21H,3-4,9-13,16H2,1-2H3/t21-/m0/s1. The molecule has 0 saturated carbocycles. The zero-order valence-electron chi connectivity index (χ0n) is 17.2. The van der Waals surface area contributed by atoms with Crippen molar-refractivity contribution in [1.82, 2.24) is 9.88 Å². The van der Waals surface area contributed by atoms with Gasteiger partial charge in [0.15, 0.2) is 0 Å². The molecule has 6 heteroatoms. The smallest absolute Gasteiger partial charge is 0.147 e. The summed E-state index contributed by atoms with van der Waals surface area (Å²) in [4.78, 5) is 11.9. The number of rotatable bonds is 3. The van der Waals surface area contributed by atoms with Crippen LogP contribution in [0.3, 0.4) is 0 Å². The SMILES string of the molecule is Cc1cc(C)c(C#N)c(N2CCC[C@H](N3CCN(c4ccc(F)cc4)CC3)C2)n1. The minimum atomic E-state index is -0.189. The summed E-state index contributed by atoms with van der Waals surface area (Å²) in [5.41, 5.74) is 3.77. The summed E-state index contributed by atoms with van der Waals surface area (Å²) in [7, 11) is 0. The van der Waals surface area contributed by atoms with Crippen molar-refractivity contribution < 1.29 is 4.39 Å². The van der Waals surface area contributed by atoms with Crippen LogP contribution in [0.5, 0.6) is 0 Å². The average molecular weight is 394 g/mol. The lowest BCUT2D eigenvalue weighted by Gasteiger charge is -2.44. The molecule has 0 bridgehead atoms. The molecule has 2 saturated heterocycles. The van der Waals surface area contributed by atoms with Gasteiger partial charge in [-0.2, -0.15) is 5.26 Å². The summed E-state index contributed by atoms with van der Waals surface area (Å²) in [6.45, 7) is 9.77. The molecule has 0 radical (unpaired) electrons. The van der Waals surface area contributed by atoms with Gasteiger partial charge in [0, 0.05) is 56.7 Å². The highest BCUT2D eigenvalue weighted by Gasteiger charge is 2.30. The molecule has 4 rings (SSSR count). The molecule has 1 atom stereocenters. The number of aromatic nitrogens is 1. The zero-order chi connectivity index (χ0) is 20.4. The van der Waals surface area contributed by atoms with Crippen LogP contribution in [0.15, 0.2) is 30.3 Å². The van der Waals surface area contributed by atoms with Gasteiger partial charge in [0.1, 0.15) is 17.7 Å². The predicted octanol–water partition coefficient (Wildman–Crippen LogP) is 3.50. The molecular weight excluding hydrogens is 365 g/mol. The van der Waals surface area contributed by atoms with E-state index in [0.29, 0.717) is 11.6 Å². The van der Waals surface area contributed by atoms with Gasteiger partial charge < -0.3 is 9.80 Å². The largest absolute Gasteiger partial charge is 0.369 e. The molecule has 0 aliphatic carbocycles. The van der Waals surface area contributed by atoms with Crippen LogP contribution in [0.1, 0.15) is 29.7 Å². The molecule has 1 aromatic carbocycles. The molecule has 2 aliphatic rings. The maximum absolute atomic E-state index is 13.2. The number of piperidine rings is 1. The number of anilines is 2. The van der Waals surface area contributed by atoms with Crippen LogP contribution in [-0.2, 0) is 0 Å². The minimum Gasteiger partial charge on any atom is -0.369 e. The maximum atomic E-state index is 13.2. The molecule has 3 heterocycles. The fourth-order valence-corrected chi connectivity index (χ4v) is 4.63. The molecular formula is C23H28FN5. The average Bonchev–Trinajstić information content (AvgIpc) is 2.74. The number of aryl methyl sites for hydroxylation is 2. The molecule has 0 unspecified atom stereocenters. The number of nitrogens with zero attached hydrogens (tertiary/aromatic N) is 5. The molecule has 29 heavy (non-hydrogen) atoms. The Kier molecular flexibility index (Phi) is 5.68. The van der Waals surface area contributed by atoms with E-state index in [-0.39, 0.29) is 5.82 Å². The van der Waals surface area contributed by atoms with E-state index in [2.05, 4.69) is 20.8 Å². The van der Waals surface area contributed by atoms with Crippen molar-refractivity contribution in [2.24, 2.45) is 0 Å². The summed E-state index contributed by atoms with van der Waals surface area (Å²) in [6, 6.07) is 11.6. The van der Waals surface area contributed by atoms with Crippen molar-refractivity contribution in [3.8, 4) is 6.07 Å². The highest BCUT2D eigenvalue weighted by Crippen LogP contribution is 2.27. The minimum absolute atomic E-state index is 0.189. The third-order valence-corrected chi connectivity index (χ3v) is 6.16. The Labute approximate surface area is 172 Å². The Morgan fingerprint density at radius 1 is 1.03 bits per heavy atom. The van der Waals surface area contributed by atoms with Crippen LogP contribution in [0.2, 0.25) is 0 Å². The van der Waals surface area contributed by atoms with E-state index in [4.69, 9.17) is 4.98 Å². The molecule has 0 N–H and O–H groups in total. The van der Waals surface area contributed by atoms with Gasteiger partial charge in [-0.15, -0.1) is 0 Å². The van der Waals surface area contributed by atoms with Crippen molar-refractivity contribution in [2.75, 3.05) is 49.1 Å². The molecule has 152 valence electrons.